The Bertz CT molecular complexity index is 270. The number of hydrogen-bond donors (Lipinski definition) is 1. The van der Waals surface area contributed by atoms with E-state index >= 15 is 0 Å². The maximum Gasteiger partial charge on any atom is 0.309 e. The normalized spacial score (nSPS) is 19.1. The molecule has 1 fully saturated rings. The van der Waals surface area contributed by atoms with Crippen molar-refractivity contribution in [3.8, 4) is 0 Å². The number of unbranched alkanes of at least 4 members (excludes halogenated alkanes) is 6. The van der Waals surface area contributed by atoms with E-state index in [2.05, 4.69) is 11.8 Å². The third kappa shape index (κ3) is 5.43. The van der Waals surface area contributed by atoms with Gasteiger partial charge in [-0.05, 0) is 45.3 Å². The van der Waals surface area contributed by atoms with Gasteiger partial charge in [-0.3, -0.25) is 4.79 Å². The number of piperidine rings is 1. The summed E-state index contributed by atoms with van der Waals surface area (Å²) < 4.78 is 0. The van der Waals surface area contributed by atoms with Crippen LogP contribution in [0.15, 0.2) is 0 Å². The van der Waals surface area contributed by atoms with Crippen molar-refractivity contribution in [1.82, 2.24) is 4.90 Å². The van der Waals surface area contributed by atoms with Gasteiger partial charge in [-0.1, -0.05) is 52.4 Å². The zero-order valence-electron chi connectivity index (χ0n) is 13.5. The summed E-state index contributed by atoms with van der Waals surface area (Å²) in [7, 11) is 0. The molecule has 1 aliphatic rings. The number of hydrogen-bond acceptors (Lipinski definition) is 2. The second-order valence-corrected chi connectivity index (χ2v) is 6.40. The van der Waals surface area contributed by atoms with Crippen LogP contribution in [-0.2, 0) is 4.79 Å². The Kier molecular flexibility index (Phi) is 8.20. The van der Waals surface area contributed by atoms with Crippen LogP contribution in [-0.4, -0.2) is 35.6 Å². The first kappa shape index (κ1) is 17.5. The Morgan fingerprint density at radius 1 is 1.00 bits per heavy atom. The third-order valence-corrected chi connectivity index (χ3v) is 5.02. The summed E-state index contributed by atoms with van der Waals surface area (Å²) in [6.07, 6.45) is 11.9. The van der Waals surface area contributed by atoms with Crippen molar-refractivity contribution >= 4 is 5.97 Å². The summed E-state index contributed by atoms with van der Waals surface area (Å²) in [6.45, 7) is 7.36. The molecule has 0 spiro atoms. The Morgan fingerprint density at radius 3 is 2.05 bits per heavy atom. The van der Waals surface area contributed by atoms with E-state index < -0.39 is 11.4 Å². The molecule has 0 amide bonds. The standard InChI is InChI=1S/C17H33NO2/c1-3-5-6-7-8-9-10-13-18-14-11-17(4-2,12-15-18)16(19)20/h3-15H2,1-2H3,(H,19,20). The highest BCUT2D eigenvalue weighted by Crippen LogP contribution is 2.35. The maximum absolute atomic E-state index is 11.4. The number of aliphatic carboxylic acids is 1. The summed E-state index contributed by atoms with van der Waals surface area (Å²) in [5.41, 5.74) is -0.434. The van der Waals surface area contributed by atoms with Crippen LogP contribution in [0.3, 0.4) is 0 Å². The number of carboxylic acids is 1. The summed E-state index contributed by atoms with van der Waals surface area (Å²) in [5.74, 6) is -0.587. The Hall–Kier alpha value is -0.570. The molecule has 1 saturated heterocycles. The number of carboxylic acid groups (broad SMARTS) is 1. The second-order valence-electron chi connectivity index (χ2n) is 6.40. The maximum atomic E-state index is 11.4. The Morgan fingerprint density at radius 2 is 1.55 bits per heavy atom. The average Bonchev–Trinajstić information content (AvgIpc) is 2.47. The monoisotopic (exact) mass is 283 g/mol. The molecule has 0 saturated carbocycles. The van der Waals surface area contributed by atoms with Gasteiger partial charge in [-0.2, -0.15) is 0 Å². The molecule has 0 atom stereocenters. The molecule has 3 heteroatoms. The van der Waals surface area contributed by atoms with Gasteiger partial charge in [0.15, 0.2) is 0 Å². The first-order valence-corrected chi connectivity index (χ1v) is 8.60. The highest BCUT2D eigenvalue weighted by atomic mass is 16.4. The van der Waals surface area contributed by atoms with Crippen LogP contribution in [0.5, 0.6) is 0 Å². The summed E-state index contributed by atoms with van der Waals surface area (Å²) in [6, 6.07) is 0. The molecule has 1 aliphatic heterocycles. The van der Waals surface area contributed by atoms with Crippen molar-refractivity contribution in [1.29, 1.82) is 0 Å². The minimum atomic E-state index is -0.587. The lowest BCUT2D eigenvalue weighted by molar-refractivity contribution is -0.152. The predicted octanol–water partition coefficient (Wildman–Crippen LogP) is 4.31. The fourth-order valence-electron chi connectivity index (χ4n) is 3.22. The van der Waals surface area contributed by atoms with E-state index in [1.165, 1.54) is 44.9 Å². The first-order valence-electron chi connectivity index (χ1n) is 8.60. The van der Waals surface area contributed by atoms with Gasteiger partial charge in [0, 0.05) is 0 Å². The minimum Gasteiger partial charge on any atom is -0.481 e. The van der Waals surface area contributed by atoms with Crippen LogP contribution >= 0.6 is 0 Å². The molecule has 1 N–H and O–H groups in total. The van der Waals surface area contributed by atoms with Gasteiger partial charge in [-0.15, -0.1) is 0 Å². The van der Waals surface area contributed by atoms with Crippen molar-refractivity contribution < 1.29 is 9.90 Å². The molecule has 20 heavy (non-hydrogen) atoms. The molecule has 0 radical (unpaired) electrons. The van der Waals surface area contributed by atoms with Crippen LogP contribution in [0.2, 0.25) is 0 Å². The Balaban J connectivity index is 2.09. The van der Waals surface area contributed by atoms with Crippen molar-refractivity contribution in [2.45, 2.75) is 78.1 Å². The van der Waals surface area contributed by atoms with E-state index in [0.29, 0.717) is 0 Å². The smallest absolute Gasteiger partial charge is 0.309 e. The van der Waals surface area contributed by atoms with Crippen molar-refractivity contribution in [3.63, 3.8) is 0 Å². The molecule has 0 aliphatic carbocycles. The highest BCUT2D eigenvalue weighted by Gasteiger charge is 2.39. The van der Waals surface area contributed by atoms with E-state index in [1.54, 1.807) is 0 Å². The van der Waals surface area contributed by atoms with E-state index in [4.69, 9.17) is 0 Å². The molecule has 0 unspecified atom stereocenters. The van der Waals surface area contributed by atoms with Gasteiger partial charge in [-0.25, -0.2) is 0 Å². The second kappa shape index (κ2) is 9.38. The molecule has 3 nitrogen and oxygen atoms in total. The summed E-state index contributed by atoms with van der Waals surface area (Å²) in [5, 5.41) is 9.37. The molecule has 0 aromatic heterocycles. The average molecular weight is 283 g/mol. The third-order valence-electron chi connectivity index (χ3n) is 5.02. The minimum absolute atomic E-state index is 0.434. The molecule has 1 heterocycles. The fourth-order valence-corrected chi connectivity index (χ4v) is 3.22. The Labute approximate surface area is 124 Å². The summed E-state index contributed by atoms with van der Waals surface area (Å²) in [4.78, 5) is 13.8. The molecule has 0 aromatic carbocycles. The lowest BCUT2D eigenvalue weighted by Crippen LogP contribution is -2.44. The zero-order valence-corrected chi connectivity index (χ0v) is 13.5. The van der Waals surface area contributed by atoms with Gasteiger partial charge in [0.05, 0.1) is 5.41 Å². The van der Waals surface area contributed by atoms with Crippen molar-refractivity contribution in [2.75, 3.05) is 19.6 Å². The fraction of sp³-hybridized carbons (Fsp3) is 0.941. The van der Waals surface area contributed by atoms with Gasteiger partial charge in [0.1, 0.15) is 0 Å². The number of carbonyl (C=O) groups is 1. The lowest BCUT2D eigenvalue weighted by atomic mass is 9.76. The predicted molar refractivity (Wildman–Crippen MR) is 84.0 cm³/mol. The highest BCUT2D eigenvalue weighted by molar-refractivity contribution is 5.74. The summed E-state index contributed by atoms with van der Waals surface area (Å²) >= 11 is 0. The quantitative estimate of drug-likeness (QED) is 0.607. The largest absolute Gasteiger partial charge is 0.481 e. The lowest BCUT2D eigenvalue weighted by Gasteiger charge is -2.38. The van der Waals surface area contributed by atoms with Gasteiger partial charge < -0.3 is 10.0 Å². The van der Waals surface area contributed by atoms with Crippen molar-refractivity contribution in [3.05, 3.63) is 0 Å². The van der Waals surface area contributed by atoms with Gasteiger partial charge in [0.25, 0.3) is 0 Å². The molecule has 0 aromatic rings. The van der Waals surface area contributed by atoms with Crippen LogP contribution in [0.25, 0.3) is 0 Å². The van der Waals surface area contributed by atoms with E-state index in [9.17, 15) is 9.90 Å². The molecular formula is C17H33NO2. The molecule has 118 valence electrons. The number of nitrogens with zero attached hydrogens (tertiary/aromatic N) is 1. The number of likely N-dealkylation sites (tertiary alicyclic amines) is 1. The van der Waals surface area contributed by atoms with Crippen molar-refractivity contribution in [2.24, 2.45) is 5.41 Å². The van der Waals surface area contributed by atoms with E-state index in [0.717, 1.165) is 38.9 Å². The van der Waals surface area contributed by atoms with Crippen LogP contribution in [0.4, 0.5) is 0 Å². The van der Waals surface area contributed by atoms with Crippen LogP contribution in [0.1, 0.15) is 78.1 Å². The molecular weight excluding hydrogens is 250 g/mol. The van der Waals surface area contributed by atoms with Crippen LogP contribution < -0.4 is 0 Å². The topological polar surface area (TPSA) is 40.5 Å². The zero-order chi connectivity index (χ0) is 14.8. The molecule has 0 bridgehead atoms. The number of rotatable bonds is 10. The first-order chi connectivity index (χ1) is 9.64. The SMILES string of the molecule is CCCCCCCCCN1CCC(CC)(C(=O)O)CC1. The van der Waals surface area contributed by atoms with E-state index in [1.807, 2.05) is 6.92 Å². The van der Waals surface area contributed by atoms with Crippen LogP contribution in [0, 0.1) is 5.41 Å². The molecule has 1 rings (SSSR count). The van der Waals surface area contributed by atoms with Gasteiger partial charge in [0.2, 0.25) is 0 Å². The van der Waals surface area contributed by atoms with E-state index in [-0.39, 0.29) is 0 Å². The van der Waals surface area contributed by atoms with Gasteiger partial charge >= 0.3 is 5.97 Å².